The van der Waals surface area contributed by atoms with Crippen molar-refractivity contribution in [1.82, 2.24) is 0 Å². The number of fused-ring (bicyclic) bond motifs is 4. The maximum Gasteiger partial charge on any atom is 0.0553 e. The van der Waals surface area contributed by atoms with Crippen LogP contribution in [0.5, 0.6) is 0 Å². The number of hydrogen-bond acceptors (Lipinski definition) is 2. The van der Waals surface area contributed by atoms with Crippen LogP contribution in [0.4, 0.5) is 0 Å². The van der Waals surface area contributed by atoms with Crippen molar-refractivity contribution < 1.29 is 0 Å². The number of hydrogen-bond donors (Lipinski definition) is 0. The van der Waals surface area contributed by atoms with Gasteiger partial charge in [0.2, 0.25) is 0 Å². The monoisotopic (exact) mass is 552 g/mol. The predicted molar refractivity (Wildman–Crippen MR) is 177 cm³/mol. The molecule has 0 amide bonds. The van der Waals surface area contributed by atoms with Crippen LogP contribution in [0.15, 0.2) is 133 Å². The molecule has 0 fully saturated rings. The molecule has 6 aromatic rings. The lowest BCUT2D eigenvalue weighted by Crippen LogP contribution is -2.16. The van der Waals surface area contributed by atoms with Crippen molar-refractivity contribution in [2.24, 2.45) is 0 Å². The molecule has 0 nitrogen and oxygen atoms in total. The van der Waals surface area contributed by atoms with Crippen molar-refractivity contribution in [1.29, 1.82) is 0 Å². The van der Waals surface area contributed by atoms with E-state index in [4.69, 9.17) is 0 Å². The van der Waals surface area contributed by atoms with Gasteiger partial charge in [0.1, 0.15) is 0 Å². The highest BCUT2D eigenvalue weighted by molar-refractivity contribution is 8.00. The van der Waals surface area contributed by atoms with Gasteiger partial charge in [0.15, 0.2) is 0 Å². The fourth-order valence-electron chi connectivity index (χ4n) is 6.03. The highest BCUT2D eigenvalue weighted by Crippen LogP contribution is 2.53. The molecule has 0 aromatic heterocycles. The Balaban J connectivity index is 1.31. The van der Waals surface area contributed by atoms with Crippen molar-refractivity contribution in [3.05, 3.63) is 167 Å². The first kappa shape index (κ1) is 25.5. The van der Waals surface area contributed by atoms with E-state index in [1.165, 1.54) is 54.9 Å². The van der Waals surface area contributed by atoms with Crippen LogP contribution in [0.2, 0.25) is 0 Å². The molecule has 0 atom stereocenters. The van der Waals surface area contributed by atoms with E-state index in [1.54, 1.807) is 0 Å². The Kier molecular flexibility index (Phi) is 7.38. The van der Waals surface area contributed by atoms with Gasteiger partial charge in [-0.1, -0.05) is 109 Å². The van der Waals surface area contributed by atoms with Gasteiger partial charge >= 0.3 is 0 Å². The van der Waals surface area contributed by atoms with Crippen LogP contribution in [0.3, 0.4) is 0 Å². The van der Waals surface area contributed by atoms with E-state index in [1.807, 2.05) is 0 Å². The molecule has 0 saturated heterocycles. The molecule has 0 spiro atoms. The minimum absolute atomic E-state index is 0.328. The maximum atomic E-state index is 2.49. The number of aryl methyl sites for hydroxylation is 2. The summed E-state index contributed by atoms with van der Waals surface area (Å²) in [6, 6.07) is 49.6. The summed E-state index contributed by atoms with van der Waals surface area (Å²) in [4.78, 5) is 0. The molecule has 40 heavy (non-hydrogen) atoms. The molecular weight excluding hydrogens is 521 g/mol. The van der Waals surface area contributed by atoms with Crippen molar-refractivity contribution in [3.8, 4) is 0 Å². The standard InChI is InChI=1S/C38H32S2/c1-3-11-27(12-4-1)19-21-39-37-33-23-29-15-7-9-17-31(29)25-35(33)38(40-22-20-28-13-5-2-6-14-28)36-26-32-18-10-8-16-30(32)24-34(36)37/h1-18,23-26,37-38H,19-22H2. The van der Waals surface area contributed by atoms with Crippen molar-refractivity contribution in [2.45, 2.75) is 23.3 Å². The Bertz CT molecular complexity index is 1540. The molecule has 0 radical (unpaired) electrons. The molecule has 1 aliphatic rings. The van der Waals surface area contributed by atoms with Crippen molar-refractivity contribution >= 4 is 45.1 Å². The van der Waals surface area contributed by atoms with Crippen LogP contribution < -0.4 is 0 Å². The van der Waals surface area contributed by atoms with Crippen molar-refractivity contribution in [3.63, 3.8) is 0 Å². The Morgan fingerprint density at radius 3 is 1.00 bits per heavy atom. The summed E-state index contributed by atoms with van der Waals surface area (Å²) < 4.78 is 0. The van der Waals surface area contributed by atoms with Gasteiger partial charge in [0.05, 0.1) is 10.5 Å². The van der Waals surface area contributed by atoms with E-state index in [0.717, 1.165) is 24.3 Å². The highest BCUT2D eigenvalue weighted by Gasteiger charge is 2.33. The molecule has 0 bridgehead atoms. The first-order valence-corrected chi connectivity index (χ1v) is 16.3. The fourth-order valence-corrected chi connectivity index (χ4v) is 8.75. The molecule has 0 unspecified atom stereocenters. The van der Waals surface area contributed by atoms with Gasteiger partial charge in [-0.05, 0) is 104 Å². The lowest BCUT2D eigenvalue weighted by molar-refractivity contribution is 0.970. The van der Waals surface area contributed by atoms with Gasteiger partial charge in [-0.15, -0.1) is 23.5 Å². The topological polar surface area (TPSA) is 0 Å². The summed E-state index contributed by atoms with van der Waals surface area (Å²) in [6.45, 7) is 0. The highest BCUT2D eigenvalue weighted by atomic mass is 32.2. The number of rotatable bonds is 8. The third-order valence-electron chi connectivity index (χ3n) is 8.07. The van der Waals surface area contributed by atoms with Crippen LogP contribution in [0.1, 0.15) is 43.9 Å². The minimum Gasteiger partial charge on any atom is -0.149 e. The smallest absolute Gasteiger partial charge is 0.0553 e. The van der Waals surface area contributed by atoms with Gasteiger partial charge in [-0.25, -0.2) is 0 Å². The van der Waals surface area contributed by atoms with E-state index in [-0.39, 0.29) is 0 Å². The molecule has 0 saturated carbocycles. The zero-order valence-corrected chi connectivity index (χ0v) is 24.1. The van der Waals surface area contributed by atoms with E-state index >= 15 is 0 Å². The molecule has 2 heteroatoms. The van der Waals surface area contributed by atoms with E-state index < -0.39 is 0 Å². The average molecular weight is 553 g/mol. The van der Waals surface area contributed by atoms with E-state index in [9.17, 15) is 0 Å². The predicted octanol–water partition coefficient (Wildman–Crippen LogP) is 10.4. The summed E-state index contributed by atoms with van der Waals surface area (Å²) in [5.74, 6) is 2.19. The molecule has 0 heterocycles. The molecule has 0 aliphatic heterocycles. The van der Waals surface area contributed by atoms with E-state index in [2.05, 4.69) is 157 Å². The second kappa shape index (κ2) is 11.6. The van der Waals surface area contributed by atoms with Crippen molar-refractivity contribution in [2.75, 3.05) is 11.5 Å². The molecular formula is C38H32S2. The largest absolute Gasteiger partial charge is 0.149 e. The number of benzene rings is 6. The summed E-state index contributed by atoms with van der Waals surface area (Å²) in [5, 5.41) is 6.02. The summed E-state index contributed by atoms with van der Waals surface area (Å²) in [5.41, 5.74) is 8.82. The zero-order chi connectivity index (χ0) is 26.7. The molecule has 196 valence electrons. The van der Waals surface area contributed by atoms with Crippen LogP contribution in [-0.4, -0.2) is 11.5 Å². The second-order valence-corrected chi connectivity index (χ2v) is 13.1. The summed E-state index contributed by atoms with van der Waals surface area (Å²) in [7, 11) is 0. The van der Waals surface area contributed by atoms with Gasteiger partial charge in [-0.3, -0.25) is 0 Å². The van der Waals surface area contributed by atoms with Crippen LogP contribution >= 0.6 is 23.5 Å². The average Bonchev–Trinajstić information content (AvgIpc) is 3.01. The molecule has 7 rings (SSSR count). The molecule has 1 aliphatic carbocycles. The van der Waals surface area contributed by atoms with Gasteiger partial charge in [0.25, 0.3) is 0 Å². The Morgan fingerprint density at radius 2 is 0.675 bits per heavy atom. The van der Waals surface area contributed by atoms with E-state index in [0.29, 0.717) is 10.5 Å². The lowest BCUT2D eigenvalue weighted by atomic mass is 9.82. The van der Waals surface area contributed by atoms with Gasteiger partial charge < -0.3 is 0 Å². The fraction of sp³-hybridized carbons (Fsp3) is 0.158. The van der Waals surface area contributed by atoms with Gasteiger partial charge in [0, 0.05) is 0 Å². The third kappa shape index (κ3) is 5.19. The Morgan fingerprint density at radius 1 is 0.375 bits per heavy atom. The quantitative estimate of drug-likeness (QED) is 0.184. The minimum atomic E-state index is 0.328. The third-order valence-corrected chi connectivity index (χ3v) is 10.6. The first-order valence-electron chi connectivity index (χ1n) is 14.2. The first-order chi connectivity index (χ1) is 19.8. The second-order valence-electron chi connectivity index (χ2n) is 10.6. The van der Waals surface area contributed by atoms with Crippen LogP contribution in [-0.2, 0) is 12.8 Å². The summed E-state index contributed by atoms with van der Waals surface area (Å²) >= 11 is 4.22. The molecule has 0 N–H and O–H groups in total. The maximum absolute atomic E-state index is 2.49. The normalized spacial score (nSPS) is 16.1. The van der Waals surface area contributed by atoms with Crippen LogP contribution in [0.25, 0.3) is 21.5 Å². The Labute approximate surface area is 245 Å². The lowest BCUT2D eigenvalue weighted by Gasteiger charge is -2.35. The number of thioether (sulfide) groups is 2. The zero-order valence-electron chi connectivity index (χ0n) is 22.5. The Hall–Kier alpha value is -3.46. The van der Waals surface area contributed by atoms with Crippen LogP contribution in [0, 0.1) is 0 Å². The molecule has 6 aromatic carbocycles. The SMILES string of the molecule is c1ccc(CCSC2c3cc4ccccc4cc3C(SCCc3ccccc3)c3cc4ccccc4cc32)cc1. The van der Waals surface area contributed by atoms with Gasteiger partial charge in [-0.2, -0.15) is 0 Å². The summed E-state index contributed by atoms with van der Waals surface area (Å²) in [6.07, 6.45) is 2.17.